The molecule has 0 saturated carbocycles. The quantitative estimate of drug-likeness (QED) is 0.678. The molecule has 0 fully saturated rings. The standard InChI is InChI=1S/C18H17N3O/c1-2-3-9-20-10-11-21(13-20)14-6-7-15-16-5-4-8-19-18(16)22-17(15)12-14/h4-8,10-12H,2-3,9H2,1H3/q+2. The predicted molar refractivity (Wildman–Crippen MR) is 85.6 cm³/mol. The molecule has 0 aliphatic carbocycles. The number of pyridine rings is 1. The minimum absolute atomic E-state index is 0.684. The fraction of sp³-hybridized carbons (Fsp3) is 0.222. The normalized spacial score (nSPS) is 13.9. The minimum atomic E-state index is 0.684. The maximum atomic E-state index is 5.84. The Morgan fingerprint density at radius 3 is 3.05 bits per heavy atom. The van der Waals surface area contributed by atoms with Crippen molar-refractivity contribution in [2.45, 2.75) is 19.8 Å². The Bertz CT molecular complexity index is 959. The maximum absolute atomic E-state index is 5.84. The van der Waals surface area contributed by atoms with E-state index in [-0.39, 0.29) is 0 Å². The van der Waals surface area contributed by atoms with Crippen molar-refractivity contribution in [1.29, 1.82) is 0 Å². The van der Waals surface area contributed by atoms with Crippen LogP contribution in [0.25, 0.3) is 22.1 Å². The Labute approximate surface area is 128 Å². The number of nitrogens with zero attached hydrogens (tertiary/aromatic N) is 3. The summed E-state index contributed by atoms with van der Waals surface area (Å²) in [5.74, 6) is 0. The molecule has 3 aromatic rings. The Kier molecular flexibility index (Phi) is 3.10. The van der Waals surface area contributed by atoms with E-state index in [1.54, 1.807) is 6.20 Å². The summed E-state index contributed by atoms with van der Waals surface area (Å²) in [6.07, 6.45) is 8.18. The average molecular weight is 291 g/mol. The van der Waals surface area contributed by atoms with Crippen molar-refractivity contribution < 1.29 is 13.6 Å². The molecular weight excluding hydrogens is 274 g/mol. The number of hydrogen-bond donors (Lipinski definition) is 0. The first-order chi connectivity index (χ1) is 10.8. The van der Waals surface area contributed by atoms with E-state index in [1.807, 2.05) is 29.0 Å². The Hall–Kier alpha value is -2.71. The van der Waals surface area contributed by atoms with Crippen LogP contribution in [0.4, 0.5) is 5.69 Å². The van der Waals surface area contributed by atoms with Crippen LogP contribution in [-0.4, -0.2) is 26.7 Å². The van der Waals surface area contributed by atoms with Crippen LogP contribution in [-0.2, 0) is 0 Å². The number of aromatic nitrogens is 1. The Morgan fingerprint density at radius 2 is 2.14 bits per heavy atom. The van der Waals surface area contributed by atoms with Gasteiger partial charge in [-0.1, -0.05) is 22.5 Å². The molecule has 4 nitrogen and oxygen atoms in total. The molecule has 0 radical (unpaired) electrons. The predicted octanol–water partition coefficient (Wildman–Crippen LogP) is 4.10. The smallest absolute Gasteiger partial charge is 0.437 e. The number of rotatable bonds is 4. The second-order valence-corrected chi connectivity index (χ2v) is 5.45. The van der Waals surface area contributed by atoms with Crippen molar-refractivity contribution in [2.24, 2.45) is 0 Å². The van der Waals surface area contributed by atoms with Crippen LogP contribution in [0.1, 0.15) is 19.8 Å². The number of hydrogen-bond acceptors (Lipinski definition) is 2. The van der Waals surface area contributed by atoms with Gasteiger partial charge in [0.15, 0.2) is 6.54 Å². The summed E-state index contributed by atoms with van der Waals surface area (Å²) in [5.41, 5.74) is 2.58. The second-order valence-electron chi connectivity index (χ2n) is 5.45. The molecule has 0 spiro atoms. The van der Waals surface area contributed by atoms with E-state index in [2.05, 4.69) is 40.8 Å². The summed E-state index contributed by atoms with van der Waals surface area (Å²) < 4.78 is 9.93. The van der Waals surface area contributed by atoms with Crippen LogP contribution in [0.3, 0.4) is 0 Å². The number of benzene rings is 1. The van der Waals surface area contributed by atoms with Gasteiger partial charge in [-0.2, -0.15) is 0 Å². The van der Waals surface area contributed by atoms with E-state index < -0.39 is 0 Å². The van der Waals surface area contributed by atoms with Crippen molar-refractivity contribution >= 4 is 33.8 Å². The van der Waals surface area contributed by atoms with Gasteiger partial charge in [-0.25, -0.2) is 4.98 Å². The highest BCUT2D eigenvalue weighted by Gasteiger charge is 2.20. The Balaban J connectivity index is 1.79. The molecule has 0 amide bonds. The van der Waals surface area contributed by atoms with E-state index in [9.17, 15) is 0 Å². The maximum Gasteiger partial charge on any atom is 0.495 e. The van der Waals surface area contributed by atoms with Crippen LogP contribution in [0.2, 0.25) is 0 Å². The summed E-state index contributed by atoms with van der Waals surface area (Å²) in [4.78, 5) is 4.27. The lowest BCUT2D eigenvalue weighted by Crippen LogP contribution is -2.02. The third-order valence-electron chi connectivity index (χ3n) is 3.90. The lowest BCUT2D eigenvalue weighted by Gasteiger charge is -1.90. The van der Waals surface area contributed by atoms with E-state index in [0.717, 1.165) is 28.6 Å². The third-order valence-corrected chi connectivity index (χ3v) is 3.90. The molecule has 0 bridgehead atoms. The van der Waals surface area contributed by atoms with Crippen molar-refractivity contribution in [3.63, 3.8) is 0 Å². The molecule has 0 unspecified atom stereocenters. The average Bonchev–Trinajstić information content (AvgIpc) is 3.16. The summed E-state index contributed by atoms with van der Waals surface area (Å²) in [6.45, 7) is 3.20. The second kappa shape index (κ2) is 5.24. The van der Waals surface area contributed by atoms with E-state index in [4.69, 9.17) is 4.42 Å². The topological polar surface area (TPSA) is 32.0 Å². The van der Waals surface area contributed by atoms with Crippen LogP contribution in [0, 0.1) is 0 Å². The van der Waals surface area contributed by atoms with Gasteiger partial charge in [0.1, 0.15) is 5.58 Å². The van der Waals surface area contributed by atoms with Crippen molar-refractivity contribution in [3.8, 4) is 0 Å². The van der Waals surface area contributed by atoms with Crippen molar-refractivity contribution in [2.75, 3.05) is 6.54 Å². The van der Waals surface area contributed by atoms with Gasteiger partial charge >= 0.3 is 6.01 Å². The fourth-order valence-electron chi connectivity index (χ4n) is 2.70. The molecule has 108 valence electrons. The molecule has 4 heteroatoms. The highest BCUT2D eigenvalue weighted by molar-refractivity contribution is 6.03. The van der Waals surface area contributed by atoms with Gasteiger partial charge in [0.2, 0.25) is 17.6 Å². The highest BCUT2D eigenvalue weighted by atomic mass is 16.3. The molecule has 1 aromatic carbocycles. The van der Waals surface area contributed by atoms with Crippen LogP contribution < -0.4 is 0 Å². The fourth-order valence-corrected chi connectivity index (χ4v) is 2.70. The van der Waals surface area contributed by atoms with Gasteiger partial charge in [-0.3, -0.25) is 0 Å². The number of fused-ring (bicyclic) bond motifs is 3. The molecule has 4 rings (SSSR count). The van der Waals surface area contributed by atoms with E-state index in [0.29, 0.717) is 5.71 Å². The first-order valence-corrected chi connectivity index (χ1v) is 7.63. The van der Waals surface area contributed by atoms with Gasteiger partial charge < -0.3 is 4.42 Å². The minimum Gasteiger partial charge on any atom is -0.437 e. The molecule has 0 N–H and O–H groups in total. The van der Waals surface area contributed by atoms with Crippen molar-refractivity contribution in [1.82, 2.24) is 4.98 Å². The first kappa shape index (κ1) is 13.0. The lowest BCUT2D eigenvalue weighted by molar-refractivity contribution is -0.460. The highest BCUT2D eigenvalue weighted by Crippen LogP contribution is 2.30. The monoisotopic (exact) mass is 291 g/mol. The van der Waals surface area contributed by atoms with E-state index in [1.165, 1.54) is 12.8 Å². The third kappa shape index (κ3) is 2.14. The zero-order valence-electron chi connectivity index (χ0n) is 12.5. The molecule has 0 saturated heterocycles. The van der Waals surface area contributed by atoms with Gasteiger partial charge in [0, 0.05) is 29.5 Å². The largest absolute Gasteiger partial charge is 0.495 e. The Morgan fingerprint density at radius 1 is 1.18 bits per heavy atom. The molecule has 1 aliphatic rings. The van der Waals surface area contributed by atoms with Gasteiger partial charge in [-0.05, 0) is 18.2 Å². The van der Waals surface area contributed by atoms with Gasteiger partial charge in [0.25, 0.3) is 6.20 Å². The van der Waals surface area contributed by atoms with Crippen LogP contribution in [0.15, 0.2) is 53.3 Å². The zero-order chi connectivity index (χ0) is 14.9. The zero-order valence-corrected chi connectivity index (χ0v) is 12.5. The molecule has 3 heterocycles. The molecular formula is C18H17N3O+2. The molecule has 1 aliphatic heterocycles. The SMILES string of the molecule is CCCC[N+]1=C=[N+](c2ccc3c(c2)oc2ncccc23)C=C1. The summed E-state index contributed by atoms with van der Waals surface area (Å²) >= 11 is 0. The van der Waals surface area contributed by atoms with Gasteiger partial charge in [-0.15, -0.1) is 0 Å². The summed E-state index contributed by atoms with van der Waals surface area (Å²) in [6, 6.07) is 13.5. The molecule has 22 heavy (non-hydrogen) atoms. The number of unbranched alkanes of at least 4 members (excludes halogenated alkanes) is 1. The van der Waals surface area contributed by atoms with Gasteiger partial charge in [0.05, 0.1) is 6.07 Å². The number of furan rings is 1. The van der Waals surface area contributed by atoms with Crippen molar-refractivity contribution in [3.05, 3.63) is 48.9 Å². The van der Waals surface area contributed by atoms with E-state index >= 15 is 0 Å². The molecule has 0 atom stereocenters. The first-order valence-electron chi connectivity index (χ1n) is 7.63. The lowest BCUT2D eigenvalue weighted by atomic mass is 10.2. The van der Waals surface area contributed by atoms with Crippen LogP contribution >= 0.6 is 0 Å². The molecule has 2 aromatic heterocycles. The summed E-state index contributed by atoms with van der Waals surface area (Å²) in [7, 11) is 0. The van der Waals surface area contributed by atoms with Crippen LogP contribution in [0.5, 0.6) is 0 Å². The summed E-state index contributed by atoms with van der Waals surface area (Å²) in [5, 5.41) is 2.15.